The first kappa shape index (κ1) is 20.1. The molecule has 0 saturated carbocycles. The summed E-state index contributed by atoms with van der Waals surface area (Å²) < 4.78 is 5.57. The van der Waals surface area contributed by atoms with Gasteiger partial charge in [-0.05, 0) is 49.2 Å². The molecule has 2 N–H and O–H groups in total. The molecule has 0 aliphatic rings. The highest BCUT2D eigenvalue weighted by molar-refractivity contribution is 6.35. The number of anilines is 1. The normalized spacial score (nSPS) is 10.3. The molecule has 0 fully saturated rings. The number of ether oxygens (including phenoxy) is 1. The Morgan fingerprint density at radius 1 is 1.12 bits per heavy atom. The highest BCUT2D eigenvalue weighted by Gasteiger charge is 2.09. The predicted molar refractivity (Wildman–Crippen MR) is 104 cm³/mol. The molecule has 0 radical (unpaired) electrons. The lowest BCUT2D eigenvalue weighted by atomic mass is 10.1. The van der Waals surface area contributed by atoms with Crippen LogP contribution in [0.5, 0.6) is 5.75 Å². The number of amides is 2. The van der Waals surface area contributed by atoms with Gasteiger partial charge in [-0.15, -0.1) is 0 Å². The van der Waals surface area contributed by atoms with Crippen LogP contribution in [0.3, 0.4) is 0 Å². The molecule has 2 rings (SSSR count). The summed E-state index contributed by atoms with van der Waals surface area (Å²) in [7, 11) is 0. The molecule has 0 bridgehead atoms. The van der Waals surface area contributed by atoms with Crippen LogP contribution in [0.2, 0.25) is 10.0 Å². The summed E-state index contributed by atoms with van der Waals surface area (Å²) in [5.41, 5.74) is 2.01. The van der Waals surface area contributed by atoms with Crippen LogP contribution in [-0.2, 0) is 4.79 Å². The fourth-order valence-corrected chi connectivity index (χ4v) is 2.70. The molecule has 0 spiro atoms. The summed E-state index contributed by atoms with van der Waals surface area (Å²) in [6.45, 7) is 4.16. The van der Waals surface area contributed by atoms with Crippen LogP contribution in [0.15, 0.2) is 36.4 Å². The smallest absolute Gasteiger partial charge is 0.251 e. The number of rotatable bonds is 7. The van der Waals surface area contributed by atoms with E-state index in [9.17, 15) is 9.59 Å². The highest BCUT2D eigenvalue weighted by atomic mass is 35.5. The number of nitrogens with one attached hydrogen (secondary N) is 2. The molecule has 0 aliphatic heterocycles. The second-order valence-electron chi connectivity index (χ2n) is 5.74. The molecule has 26 heavy (non-hydrogen) atoms. The van der Waals surface area contributed by atoms with E-state index in [1.54, 1.807) is 36.4 Å². The molecule has 5 nitrogen and oxygen atoms in total. The predicted octanol–water partition coefficient (Wildman–Crippen LogP) is 4.46. The van der Waals surface area contributed by atoms with Gasteiger partial charge in [-0.25, -0.2) is 0 Å². The van der Waals surface area contributed by atoms with Crippen molar-refractivity contribution in [1.29, 1.82) is 0 Å². The van der Waals surface area contributed by atoms with Gasteiger partial charge < -0.3 is 15.4 Å². The molecule has 0 aromatic heterocycles. The standard InChI is InChI=1S/C19H20Cl2N2O3/c1-12-4-5-14(10-17(12)23-13(2)24)19(25)22-8-3-9-26-18-7-6-15(20)11-16(18)21/h4-7,10-11H,3,8-9H2,1-2H3,(H,22,25)(H,23,24). The van der Waals surface area contributed by atoms with Gasteiger partial charge in [0, 0.05) is 29.7 Å². The molecule has 7 heteroatoms. The monoisotopic (exact) mass is 394 g/mol. The van der Waals surface area contributed by atoms with E-state index in [2.05, 4.69) is 10.6 Å². The molecule has 2 aromatic carbocycles. The Kier molecular flexibility index (Phi) is 7.30. The molecule has 0 heterocycles. The van der Waals surface area contributed by atoms with Crippen LogP contribution in [0.25, 0.3) is 0 Å². The Hall–Kier alpha value is -2.24. The first-order chi connectivity index (χ1) is 12.4. The first-order valence-corrected chi connectivity index (χ1v) is 8.86. The third-order valence-corrected chi connectivity index (χ3v) is 4.10. The van der Waals surface area contributed by atoms with Gasteiger partial charge in [-0.3, -0.25) is 9.59 Å². The summed E-state index contributed by atoms with van der Waals surface area (Å²) in [5, 5.41) is 6.53. The molecule has 0 unspecified atom stereocenters. The Labute approximate surface area is 162 Å². The van der Waals surface area contributed by atoms with Crippen molar-refractivity contribution in [1.82, 2.24) is 5.32 Å². The van der Waals surface area contributed by atoms with Crippen molar-refractivity contribution < 1.29 is 14.3 Å². The first-order valence-electron chi connectivity index (χ1n) is 8.11. The number of benzene rings is 2. The molecular weight excluding hydrogens is 375 g/mol. The van der Waals surface area contributed by atoms with Crippen LogP contribution in [-0.4, -0.2) is 25.0 Å². The van der Waals surface area contributed by atoms with Crippen LogP contribution in [0.1, 0.15) is 29.3 Å². The zero-order chi connectivity index (χ0) is 19.1. The zero-order valence-corrected chi connectivity index (χ0v) is 16.1. The summed E-state index contributed by atoms with van der Waals surface area (Å²) >= 11 is 11.9. The largest absolute Gasteiger partial charge is 0.492 e. The molecule has 0 aliphatic carbocycles. The van der Waals surface area contributed by atoms with E-state index in [1.807, 2.05) is 6.92 Å². The SMILES string of the molecule is CC(=O)Nc1cc(C(=O)NCCCOc2ccc(Cl)cc2Cl)ccc1C. The minimum absolute atomic E-state index is 0.177. The van der Waals surface area contributed by atoms with Crippen molar-refractivity contribution in [2.45, 2.75) is 20.3 Å². The number of carbonyl (C=O) groups is 2. The molecule has 2 aromatic rings. The number of halogens is 2. The number of hydrogen-bond donors (Lipinski definition) is 2. The maximum atomic E-state index is 12.2. The Bertz CT molecular complexity index is 809. The van der Waals surface area contributed by atoms with Crippen LogP contribution in [0, 0.1) is 6.92 Å². The lowest BCUT2D eigenvalue weighted by Gasteiger charge is -2.11. The van der Waals surface area contributed by atoms with Crippen LogP contribution < -0.4 is 15.4 Å². The quantitative estimate of drug-likeness (QED) is 0.681. The topological polar surface area (TPSA) is 67.4 Å². The summed E-state index contributed by atoms with van der Waals surface area (Å²) in [4.78, 5) is 23.4. The highest BCUT2D eigenvalue weighted by Crippen LogP contribution is 2.27. The van der Waals surface area contributed by atoms with Gasteiger partial charge >= 0.3 is 0 Å². The van der Waals surface area contributed by atoms with Gasteiger partial charge in [0.05, 0.1) is 11.6 Å². The van der Waals surface area contributed by atoms with Crippen LogP contribution in [0.4, 0.5) is 5.69 Å². The van der Waals surface area contributed by atoms with Gasteiger partial charge in [-0.2, -0.15) is 0 Å². The van der Waals surface area contributed by atoms with Crippen LogP contribution >= 0.6 is 23.2 Å². The average molecular weight is 395 g/mol. The fraction of sp³-hybridized carbons (Fsp3) is 0.263. The average Bonchev–Trinajstić information content (AvgIpc) is 2.57. The lowest BCUT2D eigenvalue weighted by Crippen LogP contribution is -2.25. The van der Waals surface area contributed by atoms with Gasteiger partial charge in [0.2, 0.25) is 5.91 Å². The second-order valence-corrected chi connectivity index (χ2v) is 6.59. The van der Waals surface area contributed by atoms with E-state index in [-0.39, 0.29) is 11.8 Å². The van der Waals surface area contributed by atoms with Crippen molar-refractivity contribution in [3.8, 4) is 5.75 Å². The van der Waals surface area contributed by atoms with E-state index in [4.69, 9.17) is 27.9 Å². The van der Waals surface area contributed by atoms with Gasteiger partial charge in [-0.1, -0.05) is 29.3 Å². The van der Waals surface area contributed by atoms with E-state index in [0.717, 1.165) is 5.56 Å². The Morgan fingerprint density at radius 3 is 2.58 bits per heavy atom. The van der Waals surface area contributed by atoms with Crippen molar-refractivity contribution in [3.63, 3.8) is 0 Å². The van der Waals surface area contributed by atoms with E-state index in [1.165, 1.54) is 6.92 Å². The van der Waals surface area contributed by atoms with Gasteiger partial charge in [0.25, 0.3) is 5.91 Å². The summed E-state index contributed by atoms with van der Waals surface area (Å²) in [6, 6.07) is 10.2. The maximum absolute atomic E-state index is 12.2. The molecule has 2 amide bonds. The van der Waals surface area contributed by atoms with Crippen molar-refractivity contribution >= 4 is 40.7 Å². The Balaban J connectivity index is 1.80. The van der Waals surface area contributed by atoms with Gasteiger partial charge in [0.1, 0.15) is 5.75 Å². The minimum atomic E-state index is -0.207. The number of hydrogen-bond acceptors (Lipinski definition) is 3. The van der Waals surface area contributed by atoms with E-state index < -0.39 is 0 Å². The second kappa shape index (κ2) is 9.46. The molecule has 138 valence electrons. The molecular formula is C19H20Cl2N2O3. The third-order valence-electron chi connectivity index (χ3n) is 3.57. The van der Waals surface area contributed by atoms with E-state index >= 15 is 0 Å². The molecule has 0 atom stereocenters. The fourth-order valence-electron chi connectivity index (χ4n) is 2.24. The van der Waals surface area contributed by atoms with Crippen molar-refractivity contribution in [2.24, 2.45) is 0 Å². The lowest BCUT2D eigenvalue weighted by molar-refractivity contribution is -0.114. The summed E-state index contributed by atoms with van der Waals surface area (Å²) in [5.74, 6) is 0.172. The third kappa shape index (κ3) is 5.93. The minimum Gasteiger partial charge on any atom is -0.492 e. The van der Waals surface area contributed by atoms with E-state index in [0.29, 0.717) is 46.6 Å². The number of aryl methyl sites for hydroxylation is 1. The van der Waals surface area contributed by atoms with Crippen molar-refractivity contribution in [3.05, 3.63) is 57.6 Å². The Morgan fingerprint density at radius 2 is 1.88 bits per heavy atom. The van der Waals surface area contributed by atoms with Gasteiger partial charge in [0.15, 0.2) is 0 Å². The molecule has 0 saturated heterocycles. The summed E-state index contributed by atoms with van der Waals surface area (Å²) in [6.07, 6.45) is 0.620. The van der Waals surface area contributed by atoms with Crippen molar-refractivity contribution in [2.75, 3.05) is 18.5 Å². The maximum Gasteiger partial charge on any atom is 0.251 e. The zero-order valence-electron chi connectivity index (χ0n) is 14.6. The number of carbonyl (C=O) groups excluding carboxylic acids is 2.